The molecule has 0 saturated carbocycles. The number of aliphatic hydroxyl groups excluding tert-OH is 1. The van der Waals surface area contributed by atoms with Crippen LogP contribution < -0.4 is 4.74 Å². The summed E-state index contributed by atoms with van der Waals surface area (Å²) in [4.78, 5) is 27.7. The van der Waals surface area contributed by atoms with Gasteiger partial charge in [-0.15, -0.1) is 0 Å². The van der Waals surface area contributed by atoms with Crippen LogP contribution in [0.3, 0.4) is 0 Å². The van der Waals surface area contributed by atoms with Crippen LogP contribution in [0.2, 0.25) is 0 Å². The number of amides is 1. The number of aliphatic hydroxyl groups is 1. The van der Waals surface area contributed by atoms with E-state index in [1.54, 1.807) is 25.3 Å². The molecule has 1 unspecified atom stereocenters. The molecule has 6 heteroatoms. The van der Waals surface area contributed by atoms with Gasteiger partial charge in [0.25, 0.3) is 11.7 Å². The molecule has 0 radical (unpaired) electrons. The summed E-state index contributed by atoms with van der Waals surface area (Å²) < 4.78 is 11.2. The Hall–Kier alpha value is -3.90. The number of aryl methyl sites for hydroxylation is 1. The van der Waals surface area contributed by atoms with Gasteiger partial charge in [-0.05, 0) is 53.3 Å². The molecular formula is C31H33NO5. The Morgan fingerprint density at radius 1 is 1.00 bits per heavy atom. The molecule has 1 amide bonds. The monoisotopic (exact) mass is 499 g/mol. The van der Waals surface area contributed by atoms with E-state index in [1.807, 2.05) is 61.5 Å². The Morgan fingerprint density at radius 3 is 2.32 bits per heavy atom. The number of nitrogens with zero attached hydrogens (tertiary/aromatic N) is 1. The van der Waals surface area contributed by atoms with Crippen molar-refractivity contribution in [2.24, 2.45) is 0 Å². The molecule has 0 aromatic heterocycles. The van der Waals surface area contributed by atoms with E-state index in [1.165, 1.54) is 4.90 Å². The first kappa shape index (κ1) is 26.2. The number of Topliss-reactive ketones (excluding diaryl/α,β-unsaturated/α-hetero) is 1. The molecule has 4 rings (SSSR count). The topological polar surface area (TPSA) is 76.1 Å². The van der Waals surface area contributed by atoms with Crippen LogP contribution in [0.15, 0.2) is 78.4 Å². The number of hydrogen-bond donors (Lipinski definition) is 1. The second kappa shape index (κ2) is 11.4. The lowest BCUT2D eigenvalue weighted by molar-refractivity contribution is -0.140. The van der Waals surface area contributed by atoms with E-state index in [4.69, 9.17) is 9.47 Å². The van der Waals surface area contributed by atoms with E-state index >= 15 is 0 Å². The minimum atomic E-state index is -0.703. The van der Waals surface area contributed by atoms with E-state index in [0.717, 1.165) is 22.3 Å². The number of carbonyl (C=O) groups is 2. The molecule has 0 spiro atoms. The van der Waals surface area contributed by atoms with Crippen LogP contribution in [-0.4, -0.2) is 42.0 Å². The second-order valence-corrected chi connectivity index (χ2v) is 9.56. The minimum absolute atomic E-state index is 0.0794. The van der Waals surface area contributed by atoms with Crippen molar-refractivity contribution in [1.82, 2.24) is 4.90 Å². The van der Waals surface area contributed by atoms with E-state index in [0.29, 0.717) is 23.8 Å². The molecule has 3 aromatic rings. The van der Waals surface area contributed by atoms with Crippen LogP contribution >= 0.6 is 0 Å². The first-order chi connectivity index (χ1) is 17.8. The van der Waals surface area contributed by atoms with Gasteiger partial charge in [0.2, 0.25) is 0 Å². The van der Waals surface area contributed by atoms with Crippen molar-refractivity contribution in [2.45, 2.75) is 39.3 Å². The van der Waals surface area contributed by atoms with Crippen LogP contribution in [0.25, 0.3) is 5.76 Å². The van der Waals surface area contributed by atoms with Crippen LogP contribution in [0, 0.1) is 6.92 Å². The maximum atomic E-state index is 13.2. The first-order valence-corrected chi connectivity index (χ1v) is 12.5. The fraction of sp³-hybridized carbons (Fsp3) is 0.290. The largest absolute Gasteiger partial charge is 0.507 e. The van der Waals surface area contributed by atoms with Crippen molar-refractivity contribution in [3.63, 3.8) is 0 Å². The maximum Gasteiger partial charge on any atom is 0.295 e. The van der Waals surface area contributed by atoms with Crippen LogP contribution in [-0.2, 0) is 20.9 Å². The molecule has 1 atom stereocenters. The van der Waals surface area contributed by atoms with E-state index < -0.39 is 17.7 Å². The highest BCUT2D eigenvalue weighted by Crippen LogP contribution is 2.40. The maximum absolute atomic E-state index is 13.2. The number of likely N-dealkylation sites (tertiary alicyclic amines) is 1. The smallest absolute Gasteiger partial charge is 0.295 e. The van der Waals surface area contributed by atoms with Gasteiger partial charge in [-0.3, -0.25) is 9.59 Å². The van der Waals surface area contributed by atoms with E-state index in [9.17, 15) is 14.7 Å². The zero-order chi connectivity index (χ0) is 26.5. The summed E-state index contributed by atoms with van der Waals surface area (Å²) in [6.45, 7) is 7.03. The summed E-state index contributed by atoms with van der Waals surface area (Å²) >= 11 is 0. The van der Waals surface area contributed by atoms with Crippen LogP contribution in [0.4, 0.5) is 0 Å². The van der Waals surface area contributed by atoms with Gasteiger partial charge in [-0.1, -0.05) is 68.4 Å². The predicted molar refractivity (Wildman–Crippen MR) is 143 cm³/mol. The molecule has 192 valence electrons. The summed E-state index contributed by atoms with van der Waals surface area (Å²) in [5.74, 6) is -0.514. The van der Waals surface area contributed by atoms with Crippen molar-refractivity contribution in [1.29, 1.82) is 0 Å². The lowest BCUT2D eigenvalue weighted by Gasteiger charge is -2.25. The highest BCUT2D eigenvalue weighted by atomic mass is 16.5. The third-order valence-corrected chi connectivity index (χ3v) is 6.68. The molecule has 6 nitrogen and oxygen atoms in total. The molecule has 37 heavy (non-hydrogen) atoms. The van der Waals surface area contributed by atoms with Crippen LogP contribution in [0.5, 0.6) is 5.75 Å². The van der Waals surface area contributed by atoms with E-state index in [-0.39, 0.29) is 24.5 Å². The van der Waals surface area contributed by atoms with Crippen LogP contribution in [0.1, 0.15) is 53.6 Å². The summed E-state index contributed by atoms with van der Waals surface area (Å²) in [5, 5.41) is 11.4. The molecular weight excluding hydrogens is 466 g/mol. The number of benzene rings is 3. The highest BCUT2D eigenvalue weighted by Gasteiger charge is 2.45. The molecule has 1 N–H and O–H groups in total. The molecule has 3 aromatic carbocycles. The zero-order valence-electron chi connectivity index (χ0n) is 21.7. The number of methoxy groups -OCH3 is 1. The predicted octanol–water partition coefficient (Wildman–Crippen LogP) is 5.77. The number of ether oxygens (including phenoxy) is 2. The van der Waals surface area contributed by atoms with Crippen molar-refractivity contribution in [2.75, 3.05) is 20.3 Å². The SMILES string of the molecule is COCCN1C(=O)C(=O)/C(=C(\O)c2ccc(OCc3ccccc3)c(C)c2)C1c1ccc(C(C)C)cc1. The molecule has 1 aliphatic rings. The molecule has 0 bridgehead atoms. The Balaban J connectivity index is 1.70. The fourth-order valence-corrected chi connectivity index (χ4v) is 4.56. The third kappa shape index (κ3) is 5.59. The average molecular weight is 500 g/mol. The van der Waals surface area contributed by atoms with Crippen molar-refractivity contribution >= 4 is 17.4 Å². The van der Waals surface area contributed by atoms with Gasteiger partial charge in [0.15, 0.2) is 0 Å². The summed E-state index contributed by atoms with van der Waals surface area (Å²) in [5.41, 5.74) is 4.31. The lowest BCUT2D eigenvalue weighted by atomic mass is 9.93. The van der Waals surface area contributed by atoms with Gasteiger partial charge in [-0.25, -0.2) is 0 Å². The van der Waals surface area contributed by atoms with Crippen molar-refractivity contribution in [3.8, 4) is 5.75 Å². The third-order valence-electron chi connectivity index (χ3n) is 6.68. The molecule has 0 aliphatic carbocycles. The van der Waals surface area contributed by atoms with Gasteiger partial charge in [-0.2, -0.15) is 0 Å². The fourth-order valence-electron chi connectivity index (χ4n) is 4.56. The van der Waals surface area contributed by atoms with Gasteiger partial charge < -0.3 is 19.5 Å². The number of rotatable bonds is 9. The minimum Gasteiger partial charge on any atom is -0.507 e. The van der Waals surface area contributed by atoms with Gasteiger partial charge in [0.05, 0.1) is 18.2 Å². The highest BCUT2D eigenvalue weighted by molar-refractivity contribution is 6.46. The summed E-state index contributed by atoms with van der Waals surface area (Å²) in [6, 6.07) is 22.3. The van der Waals surface area contributed by atoms with Gasteiger partial charge in [0, 0.05) is 19.2 Å². The summed E-state index contributed by atoms with van der Waals surface area (Å²) in [7, 11) is 1.55. The summed E-state index contributed by atoms with van der Waals surface area (Å²) in [6.07, 6.45) is 0. The molecule has 1 saturated heterocycles. The Labute approximate surface area is 218 Å². The molecule has 1 aliphatic heterocycles. The second-order valence-electron chi connectivity index (χ2n) is 9.56. The number of hydrogen-bond acceptors (Lipinski definition) is 5. The zero-order valence-corrected chi connectivity index (χ0v) is 21.7. The molecule has 1 heterocycles. The van der Waals surface area contributed by atoms with Crippen molar-refractivity contribution in [3.05, 3.63) is 106 Å². The van der Waals surface area contributed by atoms with Crippen molar-refractivity contribution < 1.29 is 24.2 Å². The number of ketones is 1. The Morgan fingerprint density at radius 2 is 1.70 bits per heavy atom. The van der Waals surface area contributed by atoms with Gasteiger partial charge in [0.1, 0.15) is 18.1 Å². The quantitative estimate of drug-likeness (QED) is 0.230. The first-order valence-electron chi connectivity index (χ1n) is 12.5. The Bertz CT molecular complexity index is 1290. The standard InChI is InChI=1S/C31H33NO5/c1-20(2)23-10-12-24(13-11-23)28-27(30(34)31(35)32(28)16-17-36-4)29(33)25-14-15-26(21(3)18-25)37-19-22-8-6-5-7-9-22/h5-15,18,20,28,33H,16-17,19H2,1-4H3/b29-27-. The normalized spacial score (nSPS) is 17.0. The Kier molecular flexibility index (Phi) is 8.09. The molecule has 1 fully saturated rings. The van der Waals surface area contributed by atoms with E-state index in [2.05, 4.69) is 13.8 Å². The van der Waals surface area contributed by atoms with Gasteiger partial charge >= 0.3 is 0 Å². The number of carbonyl (C=O) groups excluding carboxylic acids is 2. The average Bonchev–Trinajstić information content (AvgIpc) is 3.16. The lowest BCUT2D eigenvalue weighted by Crippen LogP contribution is -2.32.